The van der Waals surface area contributed by atoms with Crippen molar-refractivity contribution in [2.75, 3.05) is 25.0 Å². The minimum atomic E-state index is -0.298. The highest BCUT2D eigenvalue weighted by Gasteiger charge is 2.44. The van der Waals surface area contributed by atoms with Crippen LogP contribution in [-0.4, -0.2) is 48.1 Å². The highest BCUT2D eigenvalue weighted by molar-refractivity contribution is 6.01. The lowest BCUT2D eigenvalue weighted by Gasteiger charge is -2.48. The van der Waals surface area contributed by atoms with Gasteiger partial charge in [-0.05, 0) is 56.0 Å². The van der Waals surface area contributed by atoms with Gasteiger partial charge >= 0.3 is 0 Å². The highest BCUT2D eigenvalue weighted by atomic mass is 16.3. The van der Waals surface area contributed by atoms with Crippen LogP contribution >= 0.6 is 0 Å². The van der Waals surface area contributed by atoms with Gasteiger partial charge in [0.2, 0.25) is 5.91 Å². The minimum absolute atomic E-state index is 0.00565. The number of rotatable bonds is 3. The van der Waals surface area contributed by atoms with Gasteiger partial charge in [-0.15, -0.1) is 0 Å². The van der Waals surface area contributed by atoms with E-state index in [9.17, 15) is 14.7 Å². The van der Waals surface area contributed by atoms with Crippen LogP contribution in [0.25, 0.3) is 0 Å². The van der Waals surface area contributed by atoms with Crippen molar-refractivity contribution in [3.05, 3.63) is 42.5 Å². The van der Waals surface area contributed by atoms with E-state index in [0.29, 0.717) is 12.1 Å². The van der Waals surface area contributed by atoms with Gasteiger partial charge in [0.25, 0.3) is 5.91 Å². The Balaban J connectivity index is 1.72. The maximum atomic E-state index is 13.0. The van der Waals surface area contributed by atoms with Gasteiger partial charge in [-0.2, -0.15) is 0 Å². The summed E-state index contributed by atoms with van der Waals surface area (Å²) in [6.45, 7) is 4.87. The molecule has 140 valence electrons. The Labute approximate surface area is 155 Å². The van der Waals surface area contributed by atoms with Crippen molar-refractivity contribution in [1.82, 2.24) is 4.90 Å². The molecular weight excluding hydrogens is 328 g/mol. The molecule has 2 fully saturated rings. The second-order valence-corrected chi connectivity index (χ2v) is 7.60. The lowest BCUT2D eigenvalue weighted by atomic mass is 9.67. The molecule has 5 nitrogen and oxygen atoms in total. The number of likely N-dealkylation sites (tertiary alicyclic amines) is 1. The number of aliphatic hydroxyl groups excluding tert-OH is 1. The fraction of sp³-hybridized carbons (Fsp3) is 0.524. The number of aliphatic hydroxyl groups is 1. The van der Waals surface area contributed by atoms with Crippen molar-refractivity contribution < 1.29 is 14.7 Å². The summed E-state index contributed by atoms with van der Waals surface area (Å²) >= 11 is 0. The maximum Gasteiger partial charge on any atom is 0.253 e. The number of amides is 2. The van der Waals surface area contributed by atoms with Gasteiger partial charge in [0, 0.05) is 36.8 Å². The molecule has 2 unspecified atom stereocenters. The summed E-state index contributed by atoms with van der Waals surface area (Å²) in [6, 6.07) is 7.10. The van der Waals surface area contributed by atoms with Gasteiger partial charge in [0.1, 0.15) is 0 Å². The van der Waals surface area contributed by atoms with Crippen molar-refractivity contribution in [1.29, 1.82) is 0 Å². The van der Waals surface area contributed by atoms with Crippen LogP contribution in [0.2, 0.25) is 0 Å². The molecular formula is C21H28N2O3. The molecule has 1 N–H and O–H groups in total. The van der Waals surface area contributed by atoms with Crippen LogP contribution in [0.15, 0.2) is 36.9 Å². The fourth-order valence-electron chi connectivity index (χ4n) is 4.37. The average molecular weight is 356 g/mol. The minimum Gasteiger partial charge on any atom is -0.392 e. The number of hydrogen-bond donors (Lipinski definition) is 1. The van der Waals surface area contributed by atoms with Crippen LogP contribution in [0.5, 0.6) is 0 Å². The first-order valence-corrected chi connectivity index (χ1v) is 9.44. The zero-order valence-electron chi connectivity index (χ0n) is 15.5. The fourth-order valence-corrected chi connectivity index (χ4v) is 4.37. The molecule has 1 aromatic rings. The van der Waals surface area contributed by atoms with Gasteiger partial charge in [0.15, 0.2) is 0 Å². The number of carbonyl (C=O) groups excluding carboxylic acids is 2. The summed E-state index contributed by atoms with van der Waals surface area (Å²) in [5.41, 5.74) is 1.22. The van der Waals surface area contributed by atoms with Gasteiger partial charge < -0.3 is 14.9 Å². The number of benzene rings is 1. The lowest BCUT2D eigenvalue weighted by Crippen LogP contribution is -2.52. The summed E-state index contributed by atoms with van der Waals surface area (Å²) in [5, 5.41) is 10.5. The van der Waals surface area contributed by atoms with Gasteiger partial charge in [-0.3, -0.25) is 9.59 Å². The molecule has 3 rings (SSSR count). The third kappa shape index (κ3) is 3.54. The average Bonchev–Trinajstić information content (AvgIpc) is 2.69. The first-order valence-electron chi connectivity index (χ1n) is 9.44. The molecule has 1 heterocycles. The zero-order valence-corrected chi connectivity index (χ0v) is 15.5. The second-order valence-electron chi connectivity index (χ2n) is 7.60. The number of carbonyl (C=O) groups is 2. The van der Waals surface area contributed by atoms with E-state index in [-0.39, 0.29) is 23.3 Å². The number of nitrogens with zero attached hydrogens (tertiary/aromatic N) is 2. The predicted molar refractivity (Wildman–Crippen MR) is 102 cm³/mol. The Bertz CT molecular complexity index is 681. The first-order chi connectivity index (χ1) is 12.5. The van der Waals surface area contributed by atoms with E-state index in [4.69, 9.17) is 0 Å². The van der Waals surface area contributed by atoms with Crippen LogP contribution in [0.4, 0.5) is 5.69 Å². The van der Waals surface area contributed by atoms with Crippen molar-refractivity contribution in [3.63, 3.8) is 0 Å². The predicted octanol–water partition coefficient (Wildman–Crippen LogP) is 2.99. The molecule has 1 saturated heterocycles. The normalized spacial score (nSPS) is 25.8. The summed E-state index contributed by atoms with van der Waals surface area (Å²) in [6.07, 6.45) is 6.98. The van der Waals surface area contributed by atoms with Crippen LogP contribution in [0, 0.1) is 5.41 Å². The van der Waals surface area contributed by atoms with E-state index in [0.717, 1.165) is 50.8 Å². The number of anilines is 1. The molecule has 1 aliphatic heterocycles. The molecule has 26 heavy (non-hydrogen) atoms. The smallest absolute Gasteiger partial charge is 0.253 e. The molecule has 0 aromatic heterocycles. The topological polar surface area (TPSA) is 60.9 Å². The third-order valence-corrected chi connectivity index (χ3v) is 6.01. The molecule has 1 aliphatic carbocycles. The Morgan fingerprint density at radius 1 is 1.23 bits per heavy atom. The van der Waals surface area contributed by atoms with E-state index >= 15 is 0 Å². The van der Waals surface area contributed by atoms with Crippen LogP contribution in [-0.2, 0) is 4.79 Å². The zero-order chi connectivity index (χ0) is 18.7. The molecule has 0 bridgehead atoms. The van der Waals surface area contributed by atoms with Crippen molar-refractivity contribution >= 4 is 17.5 Å². The number of likely N-dealkylation sites (N-methyl/N-ethyl adjacent to an activating group) is 1. The van der Waals surface area contributed by atoms with Gasteiger partial charge in [-0.25, -0.2) is 0 Å². The lowest BCUT2D eigenvalue weighted by molar-refractivity contribution is -0.113. The summed E-state index contributed by atoms with van der Waals surface area (Å²) in [5.74, 6) is -0.181. The number of hydrogen-bond acceptors (Lipinski definition) is 3. The monoisotopic (exact) mass is 356 g/mol. The van der Waals surface area contributed by atoms with E-state index in [2.05, 4.69) is 6.58 Å². The number of piperidine rings is 1. The van der Waals surface area contributed by atoms with Crippen molar-refractivity contribution in [3.8, 4) is 0 Å². The van der Waals surface area contributed by atoms with E-state index < -0.39 is 0 Å². The standard InChI is InChI=1S/C21H28N2O3/c1-3-19(25)22(2)17-10-8-16(9-11-17)20(26)23-14-6-13-21(15-23)12-5-4-7-18(21)24/h3,8-11,18,24H,1,4-7,12-15H2,2H3. The molecule has 1 spiro atoms. The molecule has 0 radical (unpaired) electrons. The summed E-state index contributed by atoms with van der Waals surface area (Å²) < 4.78 is 0. The Hall–Kier alpha value is -2.14. The van der Waals surface area contributed by atoms with Crippen LogP contribution in [0.3, 0.4) is 0 Å². The third-order valence-electron chi connectivity index (χ3n) is 6.01. The SMILES string of the molecule is C=CC(=O)N(C)c1ccc(C(=O)N2CCCC3(CCCCC3O)C2)cc1. The highest BCUT2D eigenvalue weighted by Crippen LogP contribution is 2.43. The Morgan fingerprint density at radius 2 is 1.92 bits per heavy atom. The Morgan fingerprint density at radius 3 is 2.58 bits per heavy atom. The van der Waals surface area contributed by atoms with Crippen molar-refractivity contribution in [2.45, 2.75) is 44.6 Å². The van der Waals surface area contributed by atoms with E-state index in [1.165, 1.54) is 11.0 Å². The van der Waals surface area contributed by atoms with Gasteiger partial charge in [0.05, 0.1) is 6.10 Å². The molecule has 1 aromatic carbocycles. The van der Waals surface area contributed by atoms with E-state index in [1.54, 1.807) is 31.3 Å². The molecule has 2 amide bonds. The maximum absolute atomic E-state index is 13.0. The molecule has 2 aliphatic rings. The largest absolute Gasteiger partial charge is 0.392 e. The van der Waals surface area contributed by atoms with Crippen molar-refractivity contribution in [2.24, 2.45) is 5.41 Å². The summed E-state index contributed by atoms with van der Waals surface area (Å²) in [7, 11) is 1.68. The molecule has 2 atom stereocenters. The Kier molecular flexibility index (Phi) is 5.47. The molecule has 5 heteroatoms. The quantitative estimate of drug-likeness (QED) is 0.847. The summed E-state index contributed by atoms with van der Waals surface area (Å²) in [4.78, 5) is 28.0. The van der Waals surface area contributed by atoms with Crippen LogP contribution in [0.1, 0.15) is 48.9 Å². The first kappa shape index (κ1) is 18.6. The van der Waals surface area contributed by atoms with E-state index in [1.807, 2.05) is 4.90 Å². The molecule has 1 saturated carbocycles. The van der Waals surface area contributed by atoms with Gasteiger partial charge in [-0.1, -0.05) is 19.4 Å². The van der Waals surface area contributed by atoms with Crippen LogP contribution < -0.4 is 4.90 Å². The second kappa shape index (κ2) is 7.62.